The first-order chi connectivity index (χ1) is 21.9. The minimum absolute atomic E-state index is 0.206. The van der Waals surface area contributed by atoms with Crippen molar-refractivity contribution < 1.29 is 9.32 Å². The first-order valence-corrected chi connectivity index (χ1v) is 17.0. The van der Waals surface area contributed by atoms with Crippen LogP contribution in [0.15, 0.2) is 33.8 Å². The maximum absolute atomic E-state index is 13.5. The highest BCUT2D eigenvalue weighted by Crippen LogP contribution is 2.41. The number of fused-ring (bicyclic) bond motifs is 2. The monoisotopic (exact) mass is 630 g/mol. The Labute approximate surface area is 266 Å². The van der Waals surface area contributed by atoms with Gasteiger partial charge in [-0.1, -0.05) is 42.9 Å². The van der Waals surface area contributed by atoms with E-state index in [2.05, 4.69) is 36.4 Å². The van der Waals surface area contributed by atoms with Gasteiger partial charge in [-0.15, -0.1) is 0 Å². The molecule has 0 radical (unpaired) electrons. The number of halogens is 1. The number of pyridine rings is 2. The Morgan fingerprint density at radius 2 is 1.80 bits per heavy atom. The second-order valence-electron chi connectivity index (χ2n) is 13.6. The summed E-state index contributed by atoms with van der Waals surface area (Å²) in [4.78, 5) is 47.5. The van der Waals surface area contributed by atoms with Gasteiger partial charge in [-0.3, -0.25) is 19.3 Å². The molecule has 0 aromatic carbocycles. The van der Waals surface area contributed by atoms with Gasteiger partial charge in [-0.05, 0) is 68.9 Å². The zero-order valence-corrected chi connectivity index (χ0v) is 26.4. The van der Waals surface area contributed by atoms with Gasteiger partial charge in [0.25, 0.3) is 0 Å². The summed E-state index contributed by atoms with van der Waals surface area (Å²) < 4.78 is 7.22. The lowest BCUT2D eigenvalue weighted by atomic mass is 9.83. The fraction of sp³-hybridized carbons (Fsp3) is 0.576. The van der Waals surface area contributed by atoms with E-state index < -0.39 is 5.76 Å². The Bertz CT molecular complexity index is 1790. The number of hydrogen-bond donors (Lipinski definition) is 1. The molecule has 1 aliphatic heterocycles. The molecule has 5 heterocycles. The number of nitrogens with one attached hydrogen (secondary N) is 1. The molecule has 8 rings (SSSR count). The van der Waals surface area contributed by atoms with Crippen LogP contribution in [0.2, 0.25) is 5.02 Å². The van der Waals surface area contributed by atoms with Gasteiger partial charge in [0.05, 0.1) is 33.8 Å². The summed E-state index contributed by atoms with van der Waals surface area (Å²) in [5.41, 5.74) is 3.59. The van der Waals surface area contributed by atoms with Gasteiger partial charge in [0.1, 0.15) is 5.69 Å². The number of nitrogens with zero attached hydrogens (tertiary/aromatic N) is 7. The summed E-state index contributed by atoms with van der Waals surface area (Å²) in [7, 11) is 0. The van der Waals surface area contributed by atoms with Crippen molar-refractivity contribution in [1.29, 1.82) is 0 Å². The van der Waals surface area contributed by atoms with Crippen LogP contribution in [-0.4, -0.2) is 65.6 Å². The highest BCUT2D eigenvalue weighted by molar-refractivity contribution is 6.30. The van der Waals surface area contributed by atoms with Gasteiger partial charge in [0, 0.05) is 43.5 Å². The second kappa shape index (κ2) is 11.6. The standard InChI is InChI=1S/C33H39ClN8O3/c1-19-8-10-20(11-9-19)18-42-29-24(15-25(30-38-33(44)45-39-30)36-28(29)22-14-23(34)17-35-16-22)37-32(42)41-13-12-40(26-6-3-7-27(26)41)31(43)21-4-2-5-21/h14-17,19-21,26-27H,2-13,18H2,1H3,(H,38,39,44)/t19?,20?,26-,27-/m1/s1. The Morgan fingerprint density at radius 1 is 1.00 bits per heavy atom. The molecule has 4 aromatic heterocycles. The third-order valence-corrected chi connectivity index (χ3v) is 11.0. The summed E-state index contributed by atoms with van der Waals surface area (Å²) in [5, 5.41) is 4.44. The Balaban J connectivity index is 1.27. The molecule has 1 saturated heterocycles. The number of aromatic nitrogens is 6. The molecule has 3 aliphatic carbocycles. The van der Waals surface area contributed by atoms with Crippen LogP contribution in [0.25, 0.3) is 33.8 Å². The van der Waals surface area contributed by atoms with Gasteiger partial charge in [-0.25, -0.2) is 14.8 Å². The van der Waals surface area contributed by atoms with Crippen molar-refractivity contribution in [3.8, 4) is 22.8 Å². The van der Waals surface area contributed by atoms with Crippen molar-refractivity contribution in [3.05, 3.63) is 40.1 Å². The molecular weight excluding hydrogens is 592 g/mol. The van der Waals surface area contributed by atoms with Gasteiger partial charge in [-0.2, -0.15) is 0 Å². The highest BCUT2D eigenvalue weighted by atomic mass is 35.5. The molecule has 45 heavy (non-hydrogen) atoms. The summed E-state index contributed by atoms with van der Waals surface area (Å²) >= 11 is 6.45. The van der Waals surface area contributed by atoms with E-state index in [1.165, 1.54) is 25.7 Å². The molecule has 4 aromatic rings. The van der Waals surface area contributed by atoms with E-state index in [1.54, 1.807) is 12.4 Å². The number of anilines is 1. The molecule has 0 spiro atoms. The van der Waals surface area contributed by atoms with Crippen molar-refractivity contribution in [3.63, 3.8) is 0 Å². The number of hydrogen-bond acceptors (Lipinski definition) is 8. The molecule has 236 valence electrons. The molecular formula is C33H39ClN8O3. The van der Waals surface area contributed by atoms with Crippen molar-refractivity contribution in [2.45, 2.75) is 89.8 Å². The predicted molar refractivity (Wildman–Crippen MR) is 171 cm³/mol. The Hall–Kier alpha value is -3.73. The zero-order valence-electron chi connectivity index (χ0n) is 25.6. The van der Waals surface area contributed by atoms with Crippen LogP contribution in [0.4, 0.5) is 5.95 Å². The summed E-state index contributed by atoms with van der Waals surface area (Å²) in [6, 6.07) is 4.18. The van der Waals surface area contributed by atoms with Gasteiger partial charge < -0.3 is 14.4 Å². The lowest BCUT2D eigenvalue weighted by Gasteiger charge is -2.47. The van der Waals surface area contributed by atoms with E-state index in [-0.39, 0.29) is 23.8 Å². The van der Waals surface area contributed by atoms with Gasteiger partial charge in [0.2, 0.25) is 17.7 Å². The van der Waals surface area contributed by atoms with Crippen LogP contribution in [0.3, 0.4) is 0 Å². The molecule has 4 aliphatic rings. The van der Waals surface area contributed by atoms with Crippen LogP contribution in [0.5, 0.6) is 0 Å². The molecule has 3 saturated carbocycles. The number of aromatic amines is 1. The normalized spacial score (nSPS) is 25.5. The topological polar surface area (TPSA) is 126 Å². The van der Waals surface area contributed by atoms with E-state index in [4.69, 9.17) is 26.1 Å². The SMILES string of the molecule is CC1CCC(Cn2c(N3CCN(C(=O)C4CCC4)[C@@H]4CCC[C@H]43)nc3cc(-c4noc(=O)[nH]4)nc(-c4cncc(Cl)c4)c32)CC1. The number of carbonyl (C=O) groups excluding carboxylic acids is 1. The number of carbonyl (C=O) groups is 1. The maximum Gasteiger partial charge on any atom is 0.439 e. The summed E-state index contributed by atoms with van der Waals surface area (Å²) in [6.45, 7) is 4.65. The molecule has 11 nitrogen and oxygen atoms in total. The molecule has 1 N–H and O–H groups in total. The second-order valence-corrected chi connectivity index (χ2v) is 14.1. The lowest BCUT2D eigenvalue weighted by molar-refractivity contribution is -0.141. The largest absolute Gasteiger partial charge is 0.439 e. The predicted octanol–water partition coefficient (Wildman–Crippen LogP) is 5.69. The third kappa shape index (κ3) is 5.22. The quantitative estimate of drug-likeness (QED) is 0.288. The average molecular weight is 631 g/mol. The number of imidazole rings is 1. The van der Waals surface area contributed by atoms with Crippen molar-refractivity contribution in [1.82, 2.24) is 34.6 Å². The van der Waals surface area contributed by atoms with E-state index in [9.17, 15) is 9.59 Å². The highest BCUT2D eigenvalue weighted by Gasteiger charge is 2.45. The lowest BCUT2D eigenvalue weighted by Crippen LogP contribution is -2.61. The van der Waals surface area contributed by atoms with Crippen molar-refractivity contribution >= 4 is 34.5 Å². The first-order valence-electron chi connectivity index (χ1n) is 16.6. The summed E-state index contributed by atoms with van der Waals surface area (Å²) in [5.74, 6) is 2.37. The molecule has 0 unspecified atom stereocenters. The molecule has 0 bridgehead atoms. The van der Waals surface area contributed by atoms with Crippen LogP contribution in [-0.2, 0) is 11.3 Å². The molecule has 1 amide bonds. The number of amides is 1. The number of rotatable bonds is 6. The van der Waals surface area contributed by atoms with Crippen LogP contribution in [0.1, 0.15) is 71.1 Å². The van der Waals surface area contributed by atoms with E-state index in [0.29, 0.717) is 28.2 Å². The Morgan fingerprint density at radius 3 is 2.53 bits per heavy atom. The minimum Gasteiger partial charge on any atom is -0.336 e. The van der Waals surface area contributed by atoms with E-state index in [1.807, 2.05) is 12.1 Å². The first kappa shape index (κ1) is 28.7. The Kier molecular flexibility index (Phi) is 7.38. The fourth-order valence-electron chi connectivity index (χ4n) is 8.12. The van der Waals surface area contributed by atoms with Gasteiger partial charge >= 0.3 is 5.76 Å². The molecule has 12 heteroatoms. The van der Waals surface area contributed by atoms with Crippen LogP contribution in [0, 0.1) is 17.8 Å². The molecule has 4 fully saturated rings. The van der Waals surface area contributed by atoms with Gasteiger partial charge in [0.15, 0.2) is 0 Å². The minimum atomic E-state index is -0.641. The van der Waals surface area contributed by atoms with Crippen molar-refractivity contribution in [2.75, 3.05) is 18.0 Å². The summed E-state index contributed by atoms with van der Waals surface area (Å²) in [6.07, 6.45) is 14.6. The number of piperazine rings is 1. The van der Waals surface area contributed by atoms with Crippen LogP contribution >= 0.6 is 11.6 Å². The van der Waals surface area contributed by atoms with Crippen LogP contribution < -0.4 is 10.7 Å². The maximum atomic E-state index is 13.5. The smallest absolute Gasteiger partial charge is 0.336 e. The van der Waals surface area contributed by atoms with Crippen molar-refractivity contribution in [2.24, 2.45) is 17.8 Å². The van der Waals surface area contributed by atoms with E-state index in [0.717, 1.165) is 86.6 Å². The van der Waals surface area contributed by atoms with E-state index >= 15 is 0 Å². The average Bonchev–Trinajstić information content (AvgIpc) is 3.75. The zero-order chi connectivity index (χ0) is 30.7. The third-order valence-electron chi connectivity index (χ3n) is 10.8. The number of H-pyrrole nitrogens is 1. The fourth-order valence-corrected chi connectivity index (χ4v) is 8.29. The molecule has 2 atom stereocenters.